The number of aromatic amines is 1. The first-order valence-electron chi connectivity index (χ1n) is 5.12. The van der Waals surface area contributed by atoms with Gasteiger partial charge in [-0.05, 0) is 36.1 Å². The Hall–Kier alpha value is -1.65. The largest absolute Gasteiger partial charge is 0.394 e. The fourth-order valence-electron chi connectivity index (χ4n) is 1.67. The van der Waals surface area contributed by atoms with Gasteiger partial charge in [0.15, 0.2) is 0 Å². The maximum atomic E-state index is 11.4. The number of aryl methyl sites for hydroxylation is 1. The van der Waals surface area contributed by atoms with Crippen molar-refractivity contribution in [3.8, 4) is 0 Å². The SMILES string of the molecule is Cc1cc2cc(C(N)CO)ccc2[nH]c1=O. The third-order valence-electron chi connectivity index (χ3n) is 2.68. The van der Waals surface area contributed by atoms with Gasteiger partial charge in [0.2, 0.25) is 0 Å². The molecule has 1 aromatic heterocycles. The Bertz CT molecular complexity index is 575. The molecule has 84 valence electrons. The van der Waals surface area contributed by atoms with Crippen LogP contribution in [0.15, 0.2) is 29.1 Å². The summed E-state index contributed by atoms with van der Waals surface area (Å²) < 4.78 is 0. The summed E-state index contributed by atoms with van der Waals surface area (Å²) in [6.07, 6.45) is 0. The minimum Gasteiger partial charge on any atom is -0.394 e. The lowest BCUT2D eigenvalue weighted by Crippen LogP contribution is -2.14. The molecule has 4 heteroatoms. The molecule has 1 aromatic carbocycles. The van der Waals surface area contributed by atoms with Crippen molar-refractivity contribution in [1.29, 1.82) is 0 Å². The Morgan fingerprint density at radius 2 is 2.19 bits per heavy atom. The van der Waals surface area contributed by atoms with Gasteiger partial charge < -0.3 is 15.8 Å². The van der Waals surface area contributed by atoms with Crippen LogP contribution in [0.5, 0.6) is 0 Å². The van der Waals surface area contributed by atoms with Crippen LogP contribution in [0.1, 0.15) is 17.2 Å². The molecule has 0 fully saturated rings. The van der Waals surface area contributed by atoms with E-state index in [0.717, 1.165) is 16.5 Å². The molecular weight excluding hydrogens is 204 g/mol. The molecule has 4 N–H and O–H groups in total. The van der Waals surface area contributed by atoms with E-state index in [-0.39, 0.29) is 18.2 Å². The lowest BCUT2D eigenvalue weighted by Gasteiger charge is -2.09. The van der Waals surface area contributed by atoms with E-state index < -0.39 is 0 Å². The zero-order valence-electron chi connectivity index (χ0n) is 9.03. The number of aliphatic hydroxyl groups excluding tert-OH is 1. The van der Waals surface area contributed by atoms with Gasteiger partial charge in [0, 0.05) is 11.1 Å². The minimum atomic E-state index is -0.378. The van der Waals surface area contributed by atoms with Crippen molar-refractivity contribution in [3.05, 3.63) is 45.7 Å². The number of hydrogen-bond donors (Lipinski definition) is 3. The normalized spacial score (nSPS) is 12.9. The van der Waals surface area contributed by atoms with Gasteiger partial charge in [-0.1, -0.05) is 6.07 Å². The second kappa shape index (κ2) is 4.08. The van der Waals surface area contributed by atoms with Gasteiger partial charge in [-0.15, -0.1) is 0 Å². The van der Waals surface area contributed by atoms with Crippen molar-refractivity contribution in [1.82, 2.24) is 4.98 Å². The van der Waals surface area contributed by atoms with Crippen molar-refractivity contribution in [2.75, 3.05) is 6.61 Å². The molecular formula is C12H14N2O2. The number of H-pyrrole nitrogens is 1. The zero-order valence-corrected chi connectivity index (χ0v) is 9.03. The van der Waals surface area contributed by atoms with E-state index in [1.165, 1.54) is 0 Å². The number of hydrogen-bond acceptors (Lipinski definition) is 3. The molecule has 0 spiro atoms. The highest BCUT2D eigenvalue weighted by Crippen LogP contribution is 2.17. The van der Waals surface area contributed by atoms with Gasteiger partial charge in [-0.25, -0.2) is 0 Å². The highest BCUT2D eigenvalue weighted by molar-refractivity contribution is 5.79. The molecule has 0 saturated heterocycles. The average molecular weight is 218 g/mol. The summed E-state index contributed by atoms with van der Waals surface area (Å²) in [6.45, 7) is 1.67. The molecule has 4 nitrogen and oxygen atoms in total. The number of aliphatic hydroxyl groups is 1. The van der Waals surface area contributed by atoms with Gasteiger partial charge in [0.05, 0.1) is 12.6 Å². The van der Waals surface area contributed by atoms with Crippen molar-refractivity contribution in [3.63, 3.8) is 0 Å². The number of nitrogens with two attached hydrogens (primary N) is 1. The number of aromatic nitrogens is 1. The van der Waals surface area contributed by atoms with Crippen molar-refractivity contribution in [2.45, 2.75) is 13.0 Å². The van der Waals surface area contributed by atoms with Crippen LogP contribution in [0.2, 0.25) is 0 Å². The molecule has 0 saturated carbocycles. The van der Waals surface area contributed by atoms with Crippen LogP contribution in [0.4, 0.5) is 0 Å². The van der Waals surface area contributed by atoms with Crippen LogP contribution >= 0.6 is 0 Å². The predicted molar refractivity (Wildman–Crippen MR) is 63.3 cm³/mol. The first kappa shape index (κ1) is 10.9. The number of rotatable bonds is 2. The number of pyridine rings is 1. The molecule has 0 bridgehead atoms. The van der Waals surface area contributed by atoms with E-state index in [9.17, 15) is 4.79 Å². The molecule has 0 amide bonds. The molecule has 0 aliphatic rings. The van der Waals surface area contributed by atoms with E-state index in [1.54, 1.807) is 13.0 Å². The maximum absolute atomic E-state index is 11.4. The Morgan fingerprint density at radius 3 is 2.88 bits per heavy atom. The molecule has 1 atom stereocenters. The van der Waals surface area contributed by atoms with Crippen LogP contribution in [-0.2, 0) is 0 Å². The standard InChI is InChI=1S/C12H14N2O2/c1-7-4-9-5-8(10(13)6-15)2-3-11(9)14-12(7)16/h2-5,10,15H,6,13H2,1H3,(H,14,16). The zero-order chi connectivity index (χ0) is 11.7. The lowest BCUT2D eigenvalue weighted by molar-refractivity contribution is 0.268. The summed E-state index contributed by atoms with van der Waals surface area (Å²) in [6, 6.07) is 6.95. The predicted octanol–water partition coefficient (Wildman–Crippen LogP) is 0.829. The van der Waals surface area contributed by atoms with E-state index in [4.69, 9.17) is 10.8 Å². The summed E-state index contributed by atoms with van der Waals surface area (Å²) in [5, 5.41) is 9.91. The van der Waals surface area contributed by atoms with Crippen LogP contribution in [0.3, 0.4) is 0 Å². The average Bonchev–Trinajstić information content (AvgIpc) is 2.29. The Balaban J connectivity index is 2.62. The smallest absolute Gasteiger partial charge is 0.251 e. The molecule has 2 rings (SSSR count). The highest BCUT2D eigenvalue weighted by Gasteiger charge is 2.06. The molecule has 1 unspecified atom stereocenters. The van der Waals surface area contributed by atoms with E-state index in [0.29, 0.717) is 5.56 Å². The highest BCUT2D eigenvalue weighted by atomic mass is 16.3. The molecule has 1 heterocycles. The van der Waals surface area contributed by atoms with E-state index >= 15 is 0 Å². The quantitative estimate of drug-likeness (QED) is 0.698. The summed E-state index contributed by atoms with van der Waals surface area (Å²) in [5.74, 6) is 0. The summed E-state index contributed by atoms with van der Waals surface area (Å²) >= 11 is 0. The molecule has 0 radical (unpaired) electrons. The second-order valence-electron chi connectivity index (χ2n) is 3.92. The maximum Gasteiger partial charge on any atom is 0.251 e. The van der Waals surface area contributed by atoms with Gasteiger partial charge in [-0.3, -0.25) is 4.79 Å². The third-order valence-corrected chi connectivity index (χ3v) is 2.68. The van der Waals surface area contributed by atoms with Crippen molar-refractivity contribution in [2.24, 2.45) is 5.73 Å². The molecule has 2 aromatic rings. The van der Waals surface area contributed by atoms with Crippen LogP contribution < -0.4 is 11.3 Å². The summed E-state index contributed by atoms with van der Waals surface area (Å²) in [5.41, 5.74) is 7.97. The Kier molecular flexibility index (Phi) is 2.77. The monoisotopic (exact) mass is 218 g/mol. The first-order chi connectivity index (χ1) is 7.61. The van der Waals surface area contributed by atoms with Gasteiger partial charge >= 0.3 is 0 Å². The first-order valence-corrected chi connectivity index (χ1v) is 5.12. The van der Waals surface area contributed by atoms with Gasteiger partial charge in [0.1, 0.15) is 0 Å². The van der Waals surface area contributed by atoms with Crippen molar-refractivity contribution < 1.29 is 5.11 Å². The van der Waals surface area contributed by atoms with Gasteiger partial charge in [-0.2, -0.15) is 0 Å². The minimum absolute atomic E-state index is 0.0771. The Labute approximate surface area is 92.7 Å². The number of fused-ring (bicyclic) bond motifs is 1. The number of benzene rings is 1. The summed E-state index contributed by atoms with van der Waals surface area (Å²) in [4.78, 5) is 14.2. The van der Waals surface area contributed by atoms with Crippen LogP contribution in [-0.4, -0.2) is 16.7 Å². The molecule has 0 aliphatic carbocycles. The fourth-order valence-corrected chi connectivity index (χ4v) is 1.67. The van der Waals surface area contributed by atoms with Gasteiger partial charge in [0.25, 0.3) is 5.56 Å². The Morgan fingerprint density at radius 1 is 1.44 bits per heavy atom. The third kappa shape index (κ3) is 1.85. The van der Waals surface area contributed by atoms with E-state index in [1.807, 2.05) is 18.2 Å². The van der Waals surface area contributed by atoms with Crippen molar-refractivity contribution >= 4 is 10.9 Å². The molecule has 16 heavy (non-hydrogen) atoms. The van der Waals surface area contributed by atoms with Crippen LogP contribution in [0, 0.1) is 6.92 Å². The number of nitrogens with one attached hydrogen (secondary N) is 1. The van der Waals surface area contributed by atoms with Crippen LogP contribution in [0.25, 0.3) is 10.9 Å². The van der Waals surface area contributed by atoms with E-state index in [2.05, 4.69) is 4.98 Å². The summed E-state index contributed by atoms with van der Waals surface area (Å²) in [7, 11) is 0. The topological polar surface area (TPSA) is 79.1 Å². The molecule has 0 aliphatic heterocycles. The second-order valence-corrected chi connectivity index (χ2v) is 3.92. The fraction of sp³-hybridized carbons (Fsp3) is 0.250. The lowest BCUT2D eigenvalue weighted by atomic mass is 10.0.